The van der Waals surface area contributed by atoms with Crippen molar-refractivity contribution >= 4 is 21.7 Å². The summed E-state index contributed by atoms with van der Waals surface area (Å²) in [7, 11) is 4.65. The Labute approximate surface area is 197 Å². The van der Waals surface area contributed by atoms with Gasteiger partial charge in [-0.05, 0) is 61.2 Å². The Kier molecular flexibility index (Phi) is 7.46. The lowest BCUT2D eigenvalue weighted by Gasteiger charge is -2.21. The van der Waals surface area contributed by atoms with Crippen molar-refractivity contribution in [2.45, 2.75) is 27.4 Å². The van der Waals surface area contributed by atoms with Gasteiger partial charge in [-0.2, -0.15) is 0 Å². The summed E-state index contributed by atoms with van der Waals surface area (Å²) in [4.78, 5) is 13.9. The summed E-state index contributed by atoms with van der Waals surface area (Å²) in [5.41, 5.74) is 4.50. The van der Waals surface area contributed by atoms with Crippen molar-refractivity contribution in [3.8, 4) is 23.0 Å². The normalized spacial score (nSPS) is 10.6. The molecule has 0 spiro atoms. The maximum absolute atomic E-state index is 13.9. The first kappa shape index (κ1) is 23.7. The van der Waals surface area contributed by atoms with Gasteiger partial charge in [0.15, 0.2) is 11.5 Å². The fourth-order valence-electron chi connectivity index (χ4n) is 3.66. The standard InChI is InChI=1S/C26H27BrO5/c1-15-9-7-8-10-18(15)14-32-26-22(16(2)13-21(30-5)25(26)31-6)24(28)23-17(3)19(27)11-12-20(23)29-4/h7-13H,14H2,1-6H3. The van der Waals surface area contributed by atoms with Crippen molar-refractivity contribution < 1.29 is 23.7 Å². The number of methoxy groups -OCH3 is 3. The minimum Gasteiger partial charge on any atom is -0.496 e. The zero-order valence-corrected chi connectivity index (χ0v) is 20.8. The molecule has 168 valence electrons. The number of benzene rings is 3. The van der Waals surface area contributed by atoms with Crippen molar-refractivity contribution in [1.29, 1.82) is 0 Å². The maximum atomic E-state index is 13.9. The summed E-state index contributed by atoms with van der Waals surface area (Å²) in [6.07, 6.45) is 0. The number of hydrogen-bond acceptors (Lipinski definition) is 5. The minimum absolute atomic E-state index is 0.209. The van der Waals surface area contributed by atoms with Crippen molar-refractivity contribution in [2.24, 2.45) is 0 Å². The number of carbonyl (C=O) groups excluding carboxylic acids is 1. The summed E-state index contributed by atoms with van der Waals surface area (Å²) in [6.45, 7) is 6.04. The van der Waals surface area contributed by atoms with Crippen LogP contribution in [-0.4, -0.2) is 27.1 Å². The van der Waals surface area contributed by atoms with Crippen LogP contribution in [0.2, 0.25) is 0 Å². The second-order valence-corrected chi connectivity index (χ2v) is 8.28. The number of carbonyl (C=O) groups is 1. The quantitative estimate of drug-likeness (QED) is 0.345. The topological polar surface area (TPSA) is 54.0 Å². The van der Waals surface area contributed by atoms with Gasteiger partial charge < -0.3 is 18.9 Å². The maximum Gasteiger partial charge on any atom is 0.204 e. The molecule has 3 rings (SSSR count). The highest BCUT2D eigenvalue weighted by atomic mass is 79.9. The Hall–Kier alpha value is -2.99. The van der Waals surface area contributed by atoms with E-state index in [4.69, 9.17) is 18.9 Å². The van der Waals surface area contributed by atoms with Gasteiger partial charge in [-0.1, -0.05) is 40.2 Å². The number of halogens is 1. The number of rotatable bonds is 8. The Balaban J connectivity index is 2.20. The molecule has 3 aromatic rings. The molecular weight excluding hydrogens is 472 g/mol. The van der Waals surface area contributed by atoms with Crippen LogP contribution in [0.1, 0.15) is 38.2 Å². The molecule has 0 heterocycles. The van der Waals surface area contributed by atoms with Crippen LogP contribution in [0.15, 0.2) is 46.9 Å². The predicted octanol–water partition coefficient (Wildman–Crippen LogP) is 6.21. The van der Waals surface area contributed by atoms with Crippen LogP contribution in [0.4, 0.5) is 0 Å². The van der Waals surface area contributed by atoms with E-state index in [1.807, 2.05) is 51.1 Å². The molecule has 0 atom stereocenters. The van der Waals surface area contributed by atoms with Gasteiger partial charge in [0.05, 0.1) is 32.5 Å². The lowest BCUT2D eigenvalue weighted by Crippen LogP contribution is -2.13. The van der Waals surface area contributed by atoms with E-state index < -0.39 is 0 Å². The van der Waals surface area contributed by atoms with Gasteiger partial charge >= 0.3 is 0 Å². The first-order chi connectivity index (χ1) is 15.3. The van der Waals surface area contributed by atoms with Gasteiger partial charge in [0.25, 0.3) is 0 Å². The van der Waals surface area contributed by atoms with E-state index in [1.165, 1.54) is 7.11 Å². The largest absolute Gasteiger partial charge is 0.496 e. The van der Waals surface area contributed by atoms with Gasteiger partial charge in [-0.25, -0.2) is 0 Å². The predicted molar refractivity (Wildman–Crippen MR) is 129 cm³/mol. The molecule has 5 nitrogen and oxygen atoms in total. The molecule has 0 N–H and O–H groups in total. The van der Waals surface area contributed by atoms with Crippen LogP contribution in [0.3, 0.4) is 0 Å². The molecule has 0 aliphatic carbocycles. The number of aryl methyl sites for hydroxylation is 2. The highest BCUT2D eigenvalue weighted by Gasteiger charge is 2.28. The zero-order valence-electron chi connectivity index (χ0n) is 19.2. The smallest absolute Gasteiger partial charge is 0.204 e. The molecule has 0 bridgehead atoms. The van der Waals surface area contributed by atoms with Gasteiger partial charge in [-0.3, -0.25) is 4.79 Å². The summed E-state index contributed by atoms with van der Waals surface area (Å²) < 4.78 is 23.7. The van der Waals surface area contributed by atoms with Gasteiger partial charge in [0, 0.05) is 4.47 Å². The average molecular weight is 499 g/mol. The number of hydrogen-bond donors (Lipinski definition) is 0. The molecular formula is C26H27BrO5. The van der Waals surface area contributed by atoms with Crippen molar-refractivity contribution in [3.05, 3.63) is 80.3 Å². The van der Waals surface area contributed by atoms with Crippen molar-refractivity contribution in [1.82, 2.24) is 0 Å². The fraction of sp³-hybridized carbons (Fsp3) is 0.269. The molecule has 0 unspecified atom stereocenters. The summed E-state index contributed by atoms with van der Waals surface area (Å²) in [5.74, 6) is 1.51. The van der Waals surface area contributed by atoms with Crippen LogP contribution in [0.25, 0.3) is 0 Å². The van der Waals surface area contributed by atoms with E-state index in [2.05, 4.69) is 15.9 Å². The first-order valence-electron chi connectivity index (χ1n) is 10.1. The molecule has 0 saturated carbocycles. The zero-order chi connectivity index (χ0) is 23.4. The van der Waals surface area contributed by atoms with Crippen molar-refractivity contribution in [2.75, 3.05) is 21.3 Å². The van der Waals surface area contributed by atoms with E-state index in [-0.39, 0.29) is 12.4 Å². The van der Waals surface area contributed by atoms with Gasteiger partial charge in [0.1, 0.15) is 12.4 Å². The second-order valence-electron chi connectivity index (χ2n) is 7.43. The number of ether oxygens (including phenoxy) is 4. The Morgan fingerprint density at radius 1 is 0.812 bits per heavy atom. The molecule has 0 aromatic heterocycles. The lowest BCUT2D eigenvalue weighted by molar-refractivity contribution is 0.102. The first-order valence-corrected chi connectivity index (χ1v) is 10.9. The molecule has 6 heteroatoms. The highest BCUT2D eigenvalue weighted by Crippen LogP contribution is 2.44. The molecule has 0 radical (unpaired) electrons. The van der Waals surface area contributed by atoms with E-state index in [0.717, 1.165) is 21.2 Å². The lowest BCUT2D eigenvalue weighted by atomic mass is 9.93. The van der Waals surface area contributed by atoms with E-state index in [9.17, 15) is 4.79 Å². The third-order valence-corrected chi connectivity index (χ3v) is 6.35. The SMILES string of the molecule is COc1cc(C)c(C(=O)c2c(OC)ccc(Br)c2C)c(OCc2ccccc2C)c1OC. The van der Waals surface area contributed by atoms with Crippen LogP contribution in [-0.2, 0) is 6.61 Å². The Morgan fingerprint density at radius 2 is 1.50 bits per heavy atom. The molecule has 0 saturated heterocycles. The minimum atomic E-state index is -0.209. The molecule has 0 amide bonds. The monoisotopic (exact) mass is 498 g/mol. The summed E-state index contributed by atoms with van der Waals surface area (Å²) in [6, 6.07) is 13.4. The second kappa shape index (κ2) is 10.1. The van der Waals surface area contributed by atoms with Gasteiger partial charge in [0.2, 0.25) is 11.5 Å². The van der Waals surface area contributed by atoms with E-state index >= 15 is 0 Å². The molecule has 0 aliphatic rings. The molecule has 32 heavy (non-hydrogen) atoms. The third kappa shape index (κ3) is 4.46. The molecule has 0 fully saturated rings. The van der Waals surface area contributed by atoms with Gasteiger partial charge in [-0.15, -0.1) is 0 Å². The van der Waals surface area contributed by atoms with Crippen LogP contribution in [0, 0.1) is 20.8 Å². The molecule has 0 aliphatic heterocycles. The summed E-state index contributed by atoms with van der Waals surface area (Å²) in [5, 5.41) is 0. The molecule has 3 aromatic carbocycles. The average Bonchev–Trinajstić information content (AvgIpc) is 2.79. The Morgan fingerprint density at radius 3 is 2.12 bits per heavy atom. The van der Waals surface area contributed by atoms with E-state index in [1.54, 1.807) is 26.4 Å². The highest BCUT2D eigenvalue weighted by molar-refractivity contribution is 9.10. The Bertz CT molecular complexity index is 1150. The fourth-order valence-corrected chi connectivity index (χ4v) is 3.99. The van der Waals surface area contributed by atoms with Crippen LogP contribution in [0.5, 0.6) is 23.0 Å². The van der Waals surface area contributed by atoms with Crippen LogP contribution < -0.4 is 18.9 Å². The van der Waals surface area contributed by atoms with Crippen molar-refractivity contribution in [3.63, 3.8) is 0 Å². The summed E-state index contributed by atoms with van der Waals surface area (Å²) >= 11 is 3.52. The van der Waals surface area contributed by atoms with E-state index in [0.29, 0.717) is 39.7 Å². The number of ketones is 1. The third-order valence-electron chi connectivity index (χ3n) is 5.49. The van der Waals surface area contributed by atoms with Crippen LogP contribution >= 0.6 is 15.9 Å².